The molecule has 2 heterocycles. The molecule has 4 N–H and O–H groups in total. The number of hydrogen-bond acceptors (Lipinski definition) is 6. The molecule has 0 atom stereocenters. The minimum absolute atomic E-state index is 0.220. The molecule has 0 fully saturated rings. The summed E-state index contributed by atoms with van der Waals surface area (Å²) in [5.41, 5.74) is 3.27. The Morgan fingerprint density at radius 1 is 0.840 bits per heavy atom. The molecule has 6 nitrogen and oxygen atoms in total. The van der Waals surface area contributed by atoms with Crippen LogP contribution in [0.2, 0.25) is 0 Å². The van der Waals surface area contributed by atoms with Crippen LogP contribution >= 0.6 is 0 Å². The smallest absolute Gasteiger partial charge is 0.134 e. The molecule has 0 aliphatic carbocycles. The summed E-state index contributed by atoms with van der Waals surface area (Å²) in [4.78, 5) is 8.00. The van der Waals surface area contributed by atoms with Crippen molar-refractivity contribution in [2.24, 2.45) is 0 Å². The van der Waals surface area contributed by atoms with Gasteiger partial charge in [0.15, 0.2) is 0 Å². The number of anilines is 1. The highest BCUT2D eigenvalue weighted by Crippen LogP contribution is 2.08. The van der Waals surface area contributed by atoms with E-state index >= 15 is 0 Å². The zero-order chi connectivity index (χ0) is 18.7. The largest absolute Gasteiger partial charge is 0.506 e. The second-order valence-corrected chi connectivity index (χ2v) is 6.45. The first-order valence-electron chi connectivity index (χ1n) is 8.62. The third-order valence-electron chi connectivity index (χ3n) is 3.29. The highest BCUT2D eigenvalue weighted by molar-refractivity contribution is 5.41. The number of aromatic nitrogens is 2. The predicted molar refractivity (Wildman–Crippen MR) is 104 cm³/mol. The number of hydrogen-bond donors (Lipinski definition) is 4. The van der Waals surface area contributed by atoms with E-state index in [1.807, 2.05) is 19.4 Å². The van der Waals surface area contributed by atoms with Gasteiger partial charge >= 0.3 is 0 Å². The van der Waals surface area contributed by atoms with Gasteiger partial charge in [0.05, 0.1) is 11.9 Å². The predicted octanol–water partition coefficient (Wildman–Crippen LogP) is 2.91. The molecular weight excluding hydrogens is 314 g/mol. The average molecular weight is 345 g/mol. The van der Waals surface area contributed by atoms with E-state index in [1.54, 1.807) is 12.3 Å². The number of pyridine rings is 2. The van der Waals surface area contributed by atoms with Gasteiger partial charge in [0.25, 0.3) is 0 Å². The Kier molecular flexibility index (Phi) is 9.50. The SMILES string of the molecule is CC(C)NCc1cncc(O)c1.CNc1cncc(CNC(C)C)c1. The summed E-state index contributed by atoms with van der Waals surface area (Å²) >= 11 is 0. The molecule has 6 heteroatoms. The fourth-order valence-corrected chi connectivity index (χ4v) is 1.94. The summed E-state index contributed by atoms with van der Waals surface area (Å²) in [6.45, 7) is 10.1. The third kappa shape index (κ3) is 9.64. The van der Waals surface area contributed by atoms with E-state index in [4.69, 9.17) is 5.11 Å². The lowest BCUT2D eigenvalue weighted by Crippen LogP contribution is -2.21. The van der Waals surface area contributed by atoms with Crippen LogP contribution in [-0.2, 0) is 13.1 Å². The normalized spacial score (nSPS) is 10.5. The summed E-state index contributed by atoms with van der Waals surface area (Å²) in [5.74, 6) is 0.220. The number of rotatable bonds is 7. The molecule has 0 bridgehead atoms. The Morgan fingerprint density at radius 3 is 1.84 bits per heavy atom. The topological polar surface area (TPSA) is 82.1 Å². The van der Waals surface area contributed by atoms with Crippen LogP contribution in [0.1, 0.15) is 38.8 Å². The van der Waals surface area contributed by atoms with Crippen LogP contribution in [-0.4, -0.2) is 34.2 Å². The maximum absolute atomic E-state index is 9.09. The quantitative estimate of drug-likeness (QED) is 0.618. The Balaban J connectivity index is 0.000000251. The van der Waals surface area contributed by atoms with E-state index < -0.39 is 0 Å². The van der Waals surface area contributed by atoms with Crippen LogP contribution < -0.4 is 16.0 Å². The van der Waals surface area contributed by atoms with Crippen LogP contribution in [0.4, 0.5) is 5.69 Å². The van der Waals surface area contributed by atoms with Crippen LogP contribution in [0.15, 0.2) is 36.9 Å². The molecule has 0 saturated heterocycles. The van der Waals surface area contributed by atoms with Gasteiger partial charge in [0.2, 0.25) is 0 Å². The third-order valence-corrected chi connectivity index (χ3v) is 3.29. The van der Waals surface area contributed by atoms with Crippen molar-refractivity contribution in [2.75, 3.05) is 12.4 Å². The molecule has 0 spiro atoms. The minimum atomic E-state index is 0.220. The molecule has 0 radical (unpaired) electrons. The number of nitrogens with one attached hydrogen (secondary N) is 3. The summed E-state index contributed by atoms with van der Waals surface area (Å²) in [7, 11) is 1.90. The van der Waals surface area contributed by atoms with Crippen LogP contribution in [0.25, 0.3) is 0 Å². The summed E-state index contributed by atoms with van der Waals surface area (Å²) in [6.07, 6.45) is 6.88. The molecule has 0 aliphatic heterocycles. The summed E-state index contributed by atoms with van der Waals surface area (Å²) in [5, 5.41) is 18.7. The maximum Gasteiger partial charge on any atom is 0.134 e. The summed E-state index contributed by atoms with van der Waals surface area (Å²) in [6, 6.07) is 4.77. The minimum Gasteiger partial charge on any atom is -0.506 e. The zero-order valence-electron chi connectivity index (χ0n) is 15.9. The molecule has 2 aromatic rings. The van der Waals surface area contributed by atoms with Crippen LogP contribution in [0, 0.1) is 0 Å². The van der Waals surface area contributed by atoms with Crippen molar-refractivity contribution in [3.05, 3.63) is 48.0 Å². The molecule has 138 valence electrons. The van der Waals surface area contributed by atoms with E-state index in [0.29, 0.717) is 12.1 Å². The Morgan fingerprint density at radius 2 is 1.36 bits per heavy atom. The molecule has 25 heavy (non-hydrogen) atoms. The lowest BCUT2D eigenvalue weighted by molar-refractivity contribution is 0.470. The van der Waals surface area contributed by atoms with Crippen molar-refractivity contribution in [1.29, 1.82) is 0 Å². The van der Waals surface area contributed by atoms with Gasteiger partial charge in [-0.05, 0) is 23.3 Å². The lowest BCUT2D eigenvalue weighted by Gasteiger charge is -2.08. The molecule has 0 aliphatic rings. The molecule has 2 rings (SSSR count). The van der Waals surface area contributed by atoms with Crippen molar-refractivity contribution in [3.63, 3.8) is 0 Å². The van der Waals surface area contributed by atoms with Crippen molar-refractivity contribution in [2.45, 2.75) is 52.9 Å². The second-order valence-electron chi connectivity index (χ2n) is 6.45. The van der Waals surface area contributed by atoms with Gasteiger partial charge in [-0.1, -0.05) is 27.7 Å². The van der Waals surface area contributed by atoms with Gasteiger partial charge in [0.1, 0.15) is 5.75 Å². The van der Waals surface area contributed by atoms with Gasteiger partial charge in [0, 0.05) is 50.8 Å². The Hall–Kier alpha value is -2.18. The first-order valence-corrected chi connectivity index (χ1v) is 8.62. The molecular formula is C19H31N5O. The van der Waals surface area contributed by atoms with Gasteiger partial charge in [-0.3, -0.25) is 9.97 Å². The Labute approximate surface area is 151 Å². The fraction of sp³-hybridized carbons (Fsp3) is 0.474. The first kappa shape index (κ1) is 20.9. The number of nitrogens with zero attached hydrogens (tertiary/aromatic N) is 2. The van der Waals surface area contributed by atoms with E-state index in [1.165, 1.54) is 11.8 Å². The molecule has 0 amide bonds. The summed E-state index contributed by atoms with van der Waals surface area (Å²) < 4.78 is 0. The average Bonchev–Trinajstić information content (AvgIpc) is 2.59. The molecule has 2 aromatic heterocycles. The van der Waals surface area contributed by atoms with Crippen molar-refractivity contribution in [3.8, 4) is 5.75 Å². The van der Waals surface area contributed by atoms with Crippen molar-refractivity contribution in [1.82, 2.24) is 20.6 Å². The Bertz CT molecular complexity index is 616. The van der Waals surface area contributed by atoms with E-state index in [2.05, 4.69) is 59.7 Å². The van der Waals surface area contributed by atoms with Gasteiger partial charge in [-0.15, -0.1) is 0 Å². The highest BCUT2D eigenvalue weighted by atomic mass is 16.3. The van der Waals surface area contributed by atoms with E-state index in [-0.39, 0.29) is 5.75 Å². The van der Waals surface area contributed by atoms with Gasteiger partial charge < -0.3 is 21.1 Å². The van der Waals surface area contributed by atoms with E-state index in [0.717, 1.165) is 24.3 Å². The van der Waals surface area contributed by atoms with Crippen LogP contribution in [0.3, 0.4) is 0 Å². The maximum atomic E-state index is 9.09. The molecule has 0 unspecified atom stereocenters. The highest BCUT2D eigenvalue weighted by Gasteiger charge is 1.97. The van der Waals surface area contributed by atoms with Gasteiger partial charge in [-0.25, -0.2) is 0 Å². The van der Waals surface area contributed by atoms with Crippen molar-refractivity contribution < 1.29 is 5.11 Å². The van der Waals surface area contributed by atoms with Crippen LogP contribution in [0.5, 0.6) is 5.75 Å². The number of aromatic hydroxyl groups is 1. The monoisotopic (exact) mass is 345 g/mol. The van der Waals surface area contributed by atoms with Gasteiger partial charge in [-0.2, -0.15) is 0 Å². The van der Waals surface area contributed by atoms with Crippen molar-refractivity contribution >= 4 is 5.69 Å². The fourth-order valence-electron chi connectivity index (χ4n) is 1.94. The zero-order valence-corrected chi connectivity index (χ0v) is 15.9. The lowest BCUT2D eigenvalue weighted by atomic mass is 10.2. The van der Waals surface area contributed by atoms with E-state index in [9.17, 15) is 0 Å². The first-order chi connectivity index (χ1) is 11.9. The molecule has 0 aromatic carbocycles. The second kappa shape index (κ2) is 11.4. The standard InChI is InChI=1S/C10H17N3.C9H14N2O/c1-8(2)13-6-9-4-10(11-3)7-12-5-9;1-7(2)11-5-8-3-9(12)6-10-4-8/h4-5,7-8,11,13H,6H2,1-3H3;3-4,6-7,11-12H,5H2,1-2H3. The molecule has 0 saturated carbocycles.